The molecule has 0 unspecified atom stereocenters. The molecule has 3 rings (SSSR count). The molecule has 10 heteroatoms. The summed E-state index contributed by atoms with van der Waals surface area (Å²) in [6, 6.07) is 5.90. The van der Waals surface area contributed by atoms with E-state index in [4.69, 9.17) is 10.5 Å². The second-order valence-electron chi connectivity index (χ2n) is 6.55. The Morgan fingerprint density at radius 3 is 2.79 bits per heavy atom. The first-order chi connectivity index (χ1) is 13.3. The van der Waals surface area contributed by atoms with E-state index in [2.05, 4.69) is 35.2 Å². The van der Waals surface area contributed by atoms with Crippen LogP contribution >= 0.6 is 15.9 Å². The number of hydrogen-bond donors (Lipinski definition) is 2. The van der Waals surface area contributed by atoms with Crippen molar-refractivity contribution in [1.82, 2.24) is 19.3 Å². The number of anilines is 1. The lowest BCUT2D eigenvalue weighted by Gasteiger charge is -2.11. The van der Waals surface area contributed by atoms with Gasteiger partial charge in [0.25, 0.3) is 0 Å². The summed E-state index contributed by atoms with van der Waals surface area (Å²) < 4.78 is 33.6. The Hall–Kier alpha value is -1.75. The highest BCUT2D eigenvalue weighted by molar-refractivity contribution is 9.10. The number of fused-ring (bicyclic) bond motifs is 3. The van der Waals surface area contributed by atoms with E-state index in [0.717, 1.165) is 39.4 Å². The molecule has 0 aliphatic heterocycles. The molecule has 0 saturated carbocycles. The predicted octanol–water partition coefficient (Wildman–Crippen LogP) is 2.80. The lowest BCUT2D eigenvalue weighted by atomic mass is 10.2. The van der Waals surface area contributed by atoms with E-state index >= 15 is 0 Å². The van der Waals surface area contributed by atoms with Gasteiger partial charge in [0.1, 0.15) is 17.9 Å². The summed E-state index contributed by atoms with van der Waals surface area (Å²) in [5, 5.41) is 0.969. The molecule has 8 nitrogen and oxygen atoms in total. The van der Waals surface area contributed by atoms with Gasteiger partial charge in [0.15, 0.2) is 5.82 Å². The van der Waals surface area contributed by atoms with E-state index in [1.807, 2.05) is 25.1 Å². The molecule has 0 radical (unpaired) electrons. The van der Waals surface area contributed by atoms with Crippen molar-refractivity contribution in [2.75, 3.05) is 25.1 Å². The first-order valence-corrected chi connectivity index (χ1v) is 11.7. The molecule has 1 aromatic carbocycles. The SMILES string of the molecule is CCOCc1nc2c(N)nc3cc(Br)ccc3c2n1CCCCNS(C)(=O)=O. The number of imidazole rings is 1. The number of aromatic nitrogens is 3. The molecule has 2 aromatic heterocycles. The van der Waals surface area contributed by atoms with Gasteiger partial charge in [0, 0.05) is 29.6 Å². The van der Waals surface area contributed by atoms with Gasteiger partial charge >= 0.3 is 0 Å². The van der Waals surface area contributed by atoms with Crippen LogP contribution in [0.4, 0.5) is 5.82 Å². The van der Waals surface area contributed by atoms with E-state index < -0.39 is 10.0 Å². The third-order valence-corrected chi connectivity index (χ3v) is 5.57. The average Bonchev–Trinajstić information content (AvgIpc) is 2.98. The van der Waals surface area contributed by atoms with Crippen LogP contribution in [0.2, 0.25) is 0 Å². The van der Waals surface area contributed by atoms with Crippen molar-refractivity contribution in [3.63, 3.8) is 0 Å². The van der Waals surface area contributed by atoms with Gasteiger partial charge in [-0.15, -0.1) is 0 Å². The Labute approximate surface area is 172 Å². The van der Waals surface area contributed by atoms with Crippen LogP contribution in [0.25, 0.3) is 21.9 Å². The zero-order chi connectivity index (χ0) is 20.3. The maximum atomic E-state index is 11.2. The summed E-state index contributed by atoms with van der Waals surface area (Å²) in [7, 11) is -3.17. The molecular weight excluding hydrogens is 446 g/mol. The second kappa shape index (κ2) is 8.73. The van der Waals surface area contributed by atoms with Crippen molar-refractivity contribution in [2.24, 2.45) is 0 Å². The number of nitrogens with one attached hydrogen (secondary N) is 1. The predicted molar refractivity (Wildman–Crippen MR) is 115 cm³/mol. The Kier molecular flexibility index (Phi) is 6.54. The van der Waals surface area contributed by atoms with Gasteiger partial charge in [0.2, 0.25) is 10.0 Å². The van der Waals surface area contributed by atoms with Crippen LogP contribution in [-0.4, -0.2) is 42.4 Å². The Morgan fingerprint density at radius 1 is 1.29 bits per heavy atom. The van der Waals surface area contributed by atoms with Crippen molar-refractivity contribution in [1.29, 1.82) is 0 Å². The fourth-order valence-electron chi connectivity index (χ4n) is 3.13. The summed E-state index contributed by atoms with van der Waals surface area (Å²) in [6.07, 6.45) is 2.66. The topological polar surface area (TPSA) is 112 Å². The fourth-order valence-corrected chi connectivity index (χ4v) is 3.99. The number of unbranched alkanes of at least 4 members (excludes halogenated alkanes) is 1. The molecule has 152 valence electrons. The number of nitrogens with zero attached hydrogens (tertiary/aromatic N) is 3. The maximum absolute atomic E-state index is 11.2. The molecule has 0 aliphatic carbocycles. The molecule has 0 saturated heterocycles. The highest BCUT2D eigenvalue weighted by atomic mass is 79.9. The highest BCUT2D eigenvalue weighted by Crippen LogP contribution is 2.31. The largest absolute Gasteiger partial charge is 0.382 e. The zero-order valence-corrected chi connectivity index (χ0v) is 18.3. The zero-order valence-electron chi connectivity index (χ0n) is 15.9. The summed E-state index contributed by atoms with van der Waals surface area (Å²) >= 11 is 3.47. The quantitative estimate of drug-likeness (QED) is 0.465. The van der Waals surface area contributed by atoms with Gasteiger partial charge in [0.05, 0.1) is 17.3 Å². The van der Waals surface area contributed by atoms with E-state index in [1.165, 1.54) is 0 Å². The van der Waals surface area contributed by atoms with Crippen molar-refractivity contribution < 1.29 is 13.2 Å². The number of nitrogens with two attached hydrogens (primary N) is 1. The molecule has 0 spiro atoms. The number of benzene rings is 1. The molecule has 0 atom stereocenters. The minimum absolute atomic E-state index is 0.379. The standard InChI is InChI=1S/C18H24BrN5O3S/c1-3-27-11-15-23-16-17(24(15)9-5-4-8-21-28(2,25)26)13-7-6-12(19)10-14(13)22-18(16)20/h6-7,10,21H,3-5,8-9,11H2,1-2H3,(H2,20,22). The molecule has 0 bridgehead atoms. The summed E-state index contributed by atoms with van der Waals surface area (Å²) in [5.74, 6) is 1.17. The number of hydrogen-bond acceptors (Lipinski definition) is 6. The molecular formula is C18H24BrN5O3S. The van der Waals surface area contributed by atoms with Crippen LogP contribution in [0.15, 0.2) is 22.7 Å². The molecule has 3 N–H and O–H groups in total. The summed E-state index contributed by atoms with van der Waals surface area (Å²) in [5.41, 5.74) is 8.58. The van der Waals surface area contributed by atoms with E-state index in [-0.39, 0.29) is 0 Å². The third kappa shape index (κ3) is 4.80. The van der Waals surface area contributed by atoms with Gasteiger partial charge in [-0.2, -0.15) is 0 Å². The second-order valence-corrected chi connectivity index (χ2v) is 9.29. The van der Waals surface area contributed by atoms with Crippen molar-refractivity contribution in [3.05, 3.63) is 28.5 Å². The van der Waals surface area contributed by atoms with Crippen molar-refractivity contribution in [2.45, 2.75) is 32.9 Å². The lowest BCUT2D eigenvalue weighted by molar-refractivity contribution is 0.126. The first kappa shape index (κ1) is 21.0. The van der Waals surface area contributed by atoms with E-state index in [0.29, 0.717) is 44.1 Å². The van der Waals surface area contributed by atoms with E-state index in [1.54, 1.807) is 0 Å². The monoisotopic (exact) mass is 469 g/mol. The van der Waals surface area contributed by atoms with Gasteiger partial charge in [-0.1, -0.05) is 15.9 Å². The van der Waals surface area contributed by atoms with Crippen LogP contribution in [0.1, 0.15) is 25.6 Å². The van der Waals surface area contributed by atoms with Gasteiger partial charge in [-0.05, 0) is 38.0 Å². The molecule has 3 aromatic rings. The number of halogens is 1. The minimum Gasteiger partial charge on any atom is -0.382 e. The normalized spacial score (nSPS) is 12.2. The Balaban J connectivity index is 1.98. The molecule has 28 heavy (non-hydrogen) atoms. The smallest absolute Gasteiger partial charge is 0.208 e. The number of pyridine rings is 1. The average molecular weight is 470 g/mol. The summed E-state index contributed by atoms with van der Waals surface area (Å²) in [4.78, 5) is 9.18. The number of aryl methyl sites for hydroxylation is 1. The number of rotatable bonds is 9. The van der Waals surface area contributed by atoms with Gasteiger partial charge in [-0.3, -0.25) is 0 Å². The summed E-state index contributed by atoms with van der Waals surface area (Å²) in [6.45, 7) is 3.99. The molecule has 0 aliphatic rings. The van der Waals surface area contributed by atoms with Crippen LogP contribution in [0.5, 0.6) is 0 Å². The van der Waals surface area contributed by atoms with Crippen LogP contribution in [-0.2, 0) is 27.9 Å². The maximum Gasteiger partial charge on any atom is 0.208 e. The van der Waals surface area contributed by atoms with Gasteiger partial charge in [-0.25, -0.2) is 23.1 Å². The van der Waals surface area contributed by atoms with Crippen LogP contribution in [0.3, 0.4) is 0 Å². The number of ether oxygens (including phenoxy) is 1. The molecule has 2 heterocycles. The highest BCUT2D eigenvalue weighted by Gasteiger charge is 2.17. The number of sulfonamides is 1. The van der Waals surface area contributed by atoms with Gasteiger partial charge < -0.3 is 15.0 Å². The minimum atomic E-state index is -3.17. The fraction of sp³-hybridized carbons (Fsp3) is 0.444. The Morgan fingerprint density at radius 2 is 2.07 bits per heavy atom. The Bertz CT molecular complexity index is 1100. The van der Waals surface area contributed by atoms with E-state index in [9.17, 15) is 8.42 Å². The molecule has 0 amide bonds. The first-order valence-electron chi connectivity index (χ1n) is 9.06. The van der Waals surface area contributed by atoms with Crippen LogP contribution in [0, 0.1) is 0 Å². The molecule has 0 fully saturated rings. The lowest BCUT2D eigenvalue weighted by Crippen LogP contribution is -2.23. The van der Waals surface area contributed by atoms with Crippen molar-refractivity contribution >= 4 is 53.7 Å². The van der Waals surface area contributed by atoms with Crippen molar-refractivity contribution in [3.8, 4) is 0 Å². The number of nitrogen functional groups attached to an aromatic ring is 1. The van der Waals surface area contributed by atoms with Crippen LogP contribution < -0.4 is 10.5 Å². The third-order valence-electron chi connectivity index (χ3n) is 4.35.